The molecular formula is C15H23N3O3S. The third kappa shape index (κ3) is 4.45. The Labute approximate surface area is 132 Å². The van der Waals surface area contributed by atoms with E-state index in [9.17, 15) is 13.2 Å². The first-order valence-corrected chi connectivity index (χ1v) is 9.22. The van der Waals surface area contributed by atoms with Crippen molar-refractivity contribution < 1.29 is 13.2 Å². The maximum absolute atomic E-state index is 12.1. The van der Waals surface area contributed by atoms with Crippen molar-refractivity contribution in [3.8, 4) is 0 Å². The SMILES string of the molecule is CCCCS(=O)(=O)N1CCN(C(=O)Nc2ccccc2)CC1. The molecule has 2 amide bonds. The Morgan fingerprint density at radius 3 is 2.36 bits per heavy atom. The molecule has 7 heteroatoms. The first-order valence-electron chi connectivity index (χ1n) is 7.62. The van der Waals surface area contributed by atoms with Gasteiger partial charge in [-0.3, -0.25) is 0 Å². The zero-order valence-electron chi connectivity index (χ0n) is 12.9. The lowest BCUT2D eigenvalue weighted by molar-refractivity contribution is 0.184. The van der Waals surface area contributed by atoms with E-state index in [1.807, 2.05) is 37.3 Å². The molecule has 1 aromatic rings. The maximum Gasteiger partial charge on any atom is 0.321 e. The van der Waals surface area contributed by atoms with E-state index in [2.05, 4.69) is 5.32 Å². The highest BCUT2D eigenvalue weighted by Gasteiger charge is 2.28. The van der Waals surface area contributed by atoms with Gasteiger partial charge in [-0.2, -0.15) is 4.31 Å². The van der Waals surface area contributed by atoms with Crippen LogP contribution in [0.1, 0.15) is 19.8 Å². The van der Waals surface area contributed by atoms with Gasteiger partial charge in [0.05, 0.1) is 5.75 Å². The summed E-state index contributed by atoms with van der Waals surface area (Å²) in [6, 6.07) is 9.06. The van der Waals surface area contributed by atoms with Crippen molar-refractivity contribution in [2.75, 3.05) is 37.2 Å². The summed E-state index contributed by atoms with van der Waals surface area (Å²) < 4.78 is 25.7. The molecule has 1 aromatic carbocycles. The molecule has 0 bridgehead atoms. The van der Waals surface area contributed by atoms with Crippen molar-refractivity contribution in [1.29, 1.82) is 0 Å². The Morgan fingerprint density at radius 1 is 1.14 bits per heavy atom. The van der Waals surface area contributed by atoms with Gasteiger partial charge < -0.3 is 10.2 Å². The standard InChI is InChI=1S/C15H23N3O3S/c1-2-3-13-22(20,21)18-11-9-17(10-12-18)15(19)16-14-7-5-4-6-8-14/h4-8H,2-3,9-13H2,1H3,(H,16,19). The number of benzene rings is 1. The van der Waals surface area contributed by atoms with E-state index in [1.54, 1.807) is 4.90 Å². The quantitative estimate of drug-likeness (QED) is 0.900. The molecule has 0 spiro atoms. The number of sulfonamides is 1. The molecule has 122 valence electrons. The molecule has 0 saturated carbocycles. The number of piperazine rings is 1. The molecule has 0 radical (unpaired) electrons. The van der Waals surface area contributed by atoms with Gasteiger partial charge in [0.15, 0.2) is 0 Å². The van der Waals surface area contributed by atoms with Crippen molar-refractivity contribution in [2.24, 2.45) is 0 Å². The van der Waals surface area contributed by atoms with E-state index in [0.29, 0.717) is 32.6 Å². The molecule has 1 aliphatic rings. The van der Waals surface area contributed by atoms with Gasteiger partial charge >= 0.3 is 6.03 Å². The first kappa shape index (κ1) is 16.8. The van der Waals surface area contributed by atoms with Crippen molar-refractivity contribution in [3.63, 3.8) is 0 Å². The number of hydrogen-bond acceptors (Lipinski definition) is 3. The minimum absolute atomic E-state index is 0.184. The number of carbonyl (C=O) groups excluding carboxylic acids is 1. The number of nitrogens with zero attached hydrogens (tertiary/aromatic N) is 2. The summed E-state index contributed by atoms with van der Waals surface area (Å²) in [4.78, 5) is 13.8. The smallest absolute Gasteiger partial charge is 0.321 e. The lowest BCUT2D eigenvalue weighted by Gasteiger charge is -2.34. The second kappa shape index (κ2) is 7.60. The lowest BCUT2D eigenvalue weighted by atomic mass is 10.3. The minimum atomic E-state index is -3.18. The number of nitrogens with one attached hydrogen (secondary N) is 1. The average molecular weight is 325 g/mol. The van der Waals surface area contributed by atoms with Crippen LogP contribution >= 0.6 is 0 Å². The molecule has 0 atom stereocenters. The summed E-state index contributed by atoms with van der Waals surface area (Å²) in [5.41, 5.74) is 0.741. The van der Waals surface area contributed by atoms with Gasteiger partial charge in [-0.25, -0.2) is 13.2 Å². The van der Waals surface area contributed by atoms with Gasteiger partial charge in [-0.15, -0.1) is 0 Å². The Morgan fingerprint density at radius 2 is 1.77 bits per heavy atom. The molecule has 0 unspecified atom stereocenters. The Balaban J connectivity index is 1.85. The molecule has 1 heterocycles. The van der Waals surface area contributed by atoms with Crippen LogP contribution in [0.4, 0.5) is 10.5 Å². The van der Waals surface area contributed by atoms with Crippen LogP contribution in [0.2, 0.25) is 0 Å². The highest BCUT2D eigenvalue weighted by atomic mass is 32.2. The Hall–Kier alpha value is -1.60. The Kier molecular flexibility index (Phi) is 5.79. The minimum Gasteiger partial charge on any atom is -0.322 e. The van der Waals surface area contributed by atoms with Crippen molar-refractivity contribution >= 4 is 21.7 Å². The van der Waals surface area contributed by atoms with Crippen LogP contribution in [-0.4, -0.2) is 55.6 Å². The van der Waals surface area contributed by atoms with Crippen molar-refractivity contribution in [3.05, 3.63) is 30.3 Å². The molecule has 6 nitrogen and oxygen atoms in total. The molecule has 1 fully saturated rings. The van der Waals surface area contributed by atoms with Gasteiger partial charge in [0.25, 0.3) is 0 Å². The fraction of sp³-hybridized carbons (Fsp3) is 0.533. The van der Waals surface area contributed by atoms with Gasteiger partial charge in [0.1, 0.15) is 0 Å². The van der Waals surface area contributed by atoms with Gasteiger partial charge in [-0.1, -0.05) is 31.5 Å². The topological polar surface area (TPSA) is 69.7 Å². The zero-order valence-corrected chi connectivity index (χ0v) is 13.7. The third-order valence-electron chi connectivity index (χ3n) is 3.70. The predicted molar refractivity (Wildman–Crippen MR) is 87.3 cm³/mol. The van der Waals surface area contributed by atoms with Crippen LogP contribution in [0.3, 0.4) is 0 Å². The van der Waals surface area contributed by atoms with Crippen LogP contribution in [-0.2, 0) is 10.0 Å². The van der Waals surface area contributed by atoms with E-state index in [1.165, 1.54) is 4.31 Å². The second-order valence-corrected chi connectivity index (χ2v) is 7.44. The fourth-order valence-corrected chi connectivity index (χ4v) is 3.98. The number of urea groups is 1. The molecular weight excluding hydrogens is 302 g/mol. The number of hydrogen-bond donors (Lipinski definition) is 1. The average Bonchev–Trinajstić information content (AvgIpc) is 2.54. The highest BCUT2D eigenvalue weighted by Crippen LogP contribution is 2.12. The molecule has 1 N–H and O–H groups in total. The summed E-state index contributed by atoms with van der Waals surface area (Å²) in [6.45, 7) is 3.55. The molecule has 0 aliphatic carbocycles. The summed E-state index contributed by atoms with van der Waals surface area (Å²) in [5.74, 6) is 0.194. The van der Waals surface area contributed by atoms with E-state index >= 15 is 0 Å². The van der Waals surface area contributed by atoms with Gasteiger partial charge in [-0.05, 0) is 18.6 Å². The van der Waals surface area contributed by atoms with Crippen LogP contribution in [0.5, 0.6) is 0 Å². The van der Waals surface area contributed by atoms with Crippen molar-refractivity contribution in [2.45, 2.75) is 19.8 Å². The molecule has 22 heavy (non-hydrogen) atoms. The summed E-state index contributed by atoms with van der Waals surface area (Å²) >= 11 is 0. The second-order valence-electron chi connectivity index (χ2n) is 5.35. The molecule has 0 aromatic heterocycles. The van der Waals surface area contributed by atoms with E-state index in [4.69, 9.17) is 0 Å². The van der Waals surface area contributed by atoms with E-state index < -0.39 is 10.0 Å². The maximum atomic E-state index is 12.1. The predicted octanol–water partition coefficient (Wildman–Crippen LogP) is 1.97. The van der Waals surface area contributed by atoms with Crippen molar-refractivity contribution in [1.82, 2.24) is 9.21 Å². The largest absolute Gasteiger partial charge is 0.322 e. The van der Waals surface area contributed by atoms with E-state index in [0.717, 1.165) is 12.1 Å². The van der Waals surface area contributed by atoms with E-state index in [-0.39, 0.29) is 11.8 Å². The summed E-state index contributed by atoms with van der Waals surface area (Å²) in [6.07, 6.45) is 1.54. The monoisotopic (exact) mass is 325 g/mol. The number of anilines is 1. The zero-order chi connectivity index (χ0) is 16.0. The van der Waals surface area contributed by atoms with Crippen LogP contribution in [0, 0.1) is 0 Å². The Bertz CT molecular complexity index is 581. The third-order valence-corrected chi connectivity index (χ3v) is 5.66. The lowest BCUT2D eigenvalue weighted by Crippen LogP contribution is -2.52. The highest BCUT2D eigenvalue weighted by molar-refractivity contribution is 7.89. The number of para-hydroxylation sites is 1. The number of carbonyl (C=O) groups is 1. The molecule has 1 saturated heterocycles. The fourth-order valence-electron chi connectivity index (χ4n) is 2.35. The normalized spacial score (nSPS) is 16.5. The summed E-state index contributed by atoms with van der Waals surface area (Å²) in [7, 11) is -3.18. The molecule has 2 rings (SSSR count). The molecule has 1 aliphatic heterocycles. The summed E-state index contributed by atoms with van der Waals surface area (Å²) in [5, 5.41) is 2.82. The van der Waals surface area contributed by atoms with Crippen LogP contribution < -0.4 is 5.32 Å². The van der Waals surface area contributed by atoms with Gasteiger partial charge in [0, 0.05) is 31.9 Å². The van der Waals surface area contributed by atoms with Gasteiger partial charge in [0.2, 0.25) is 10.0 Å². The van der Waals surface area contributed by atoms with Crippen LogP contribution in [0.25, 0.3) is 0 Å². The number of amides is 2. The van der Waals surface area contributed by atoms with Crippen LogP contribution in [0.15, 0.2) is 30.3 Å². The number of unbranched alkanes of at least 4 members (excludes halogenated alkanes) is 1. The number of rotatable bonds is 5. The first-order chi connectivity index (χ1) is 10.5.